The minimum absolute atomic E-state index is 0.0783. The van der Waals surface area contributed by atoms with E-state index in [1.165, 1.54) is 18.2 Å². The maximum atomic E-state index is 13.5. The average molecular weight is 1040 g/mol. The Morgan fingerprint density at radius 1 is 0.822 bits per heavy atom. The molecule has 0 spiro atoms. The van der Waals surface area contributed by atoms with Crippen LogP contribution in [0.15, 0.2) is 41.4 Å². The first-order chi connectivity index (χ1) is 34.3. The minimum Gasteiger partial charge on any atom is -0.481 e. The van der Waals surface area contributed by atoms with Crippen LogP contribution < -0.4 is 11.1 Å². The quantitative estimate of drug-likeness (QED) is 0.0294. The molecule has 0 aromatic heterocycles. The summed E-state index contributed by atoms with van der Waals surface area (Å²) in [5.74, 6) is -7.48. The molecule has 2 bridgehead atoms. The number of aliphatic carboxylic acids is 1. The Labute approximate surface area is 434 Å². The molecule has 0 aliphatic carbocycles. The van der Waals surface area contributed by atoms with Crippen molar-refractivity contribution in [2.75, 3.05) is 13.6 Å². The van der Waals surface area contributed by atoms with Crippen molar-refractivity contribution in [3.8, 4) is 0 Å². The molecular formula is C54H95N3O16. The van der Waals surface area contributed by atoms with E-state index in [-0.39, 0.29) is 69.1 Å². The van der Waals surface area contributed by atoms with Crippen molar-refractivity contribution < 1.29 is 79.7 Å². The van der Waals surface area contributed by atoms with Crippen LogP contribution in [0.25, 0.3) is 0 Å². The van der Waals surface area contributed by atoms with Crippen LogP contribution in [0, 0.1) is 41.4 Å². The first-order valence-corrected chi connectivity index (χ1v) is 26.7. The third kappa shape index (κ3) is 24.8. The highest BCUT2D eigenvalue weighted by atomic mass is 16.7. The lowest BCUT2D eigenvalue weighted by atomic mass is 9.84. The molecule has 19 heteroatoms. The molecule has 2 heterocycles. The normalized spacial score (nSPS) is 37.5. The molecule has 0 radical (unpaired) electrons. The largest absolute Gasteiger partial charge is 0.481 e. The summed E-state index contributed by atoms with van der Waals surface area (Å²) in [5, 5.41) is 113. The van der Waals surface area contributed by atoms with Crippen LogP contribution >= 0.6 is 0 Å². The van der Waals surface area contributed by atoms with Crippen LogP contribution in [0.1, 0.15) is 151 Å². The van der Waals surface area contributed by atoms with Crippen molar-refractivity contribution >= 4 is 23.9 Å². The fourth-order valence-electron chi connectivity index (χ4n) is 9.73. The number of unbranched alkanes of at least 4 members (excludes halogenated alkanes) is 2. The number of aliphatic hydroxyl groups excluding tert-OH is 8. The number of esters is 2. The van der Waals surface area contributed by atoms with Gasteiger partial charge in [-0.2, -0.15) is 0 Å². The number of rotatable bonds is 14. The molecular weight excluding hydrogens is 947 g/mol. The number of hydrogen-bond donors (Lipinski definition) is 12. The first-order valence-electron chi connectivity index (χ1n) is 26.7. The number of carbonyl (C=O) groups is 3. The highest BCUT2D eigenvalue weighted by molar-refractivity contribution is 5.90. The second-order valence-electron chi connectivity index (χ2n) is 21.6. The lowest BCUT2D eigenvalue weighted by Gasteiger charge is -2.44. The molecule has 0 unspecified atom stereocenters. The minimum atomic E-state index is -2.24. The molecule has 0 amide bonds. The fourth-order valence-corrected chi connectivity index (χ4v) is 9.73. The van der Waals surface area contributed by atoms with Gasteiger partial charge in [-0.05, 0) is 75.5 Å². The third-order valence-corrected chi connectivity index (χ3v) is 14.9. The van der Waals surface area contributed by atoms with E-state index in [1.54, 1.807) is 33.9 Å². The number of carbonyl (C=O) groups excluding carboxylic acids is 2. The number of nitrogens with two attached hydrogens (primary N) is 1. The van der Waals surface area contributed by atoms with Gasteiger partial charge in [-0.25, -0.2) is 4.79 Å². The van der Waals surface area contributed by atoms with Gasteiger partial charge in [0, 0.05) is 75.4 Å². The van der Waals surface area contributed by atoms with Crippen LogP contribution in [0.4, 0.5) is 0 Å². The molecule has 2 aliphatic rings. The van der Waals surface area contributed by atoms with E-state index in [4.69, 9.17) is 19.9 Å². The van der Waals surface area contributed by atoms with Crippen LogP contribution in [0.3, 0.4) is 0 Å². The number of ether oxygens (including phenoxy) is 3. The van der Waals surface area contributed by atoms with Gasteiger partial charge in [0.05, 0.1) is 48.8 Å². The monoisotopic (exact) mass is 1040 g/mol. The number of aliphatic imine (C=N–C) groups is 1. The molecule has 2 aliphatic heterocycles. The van der Waals surface area contributed by atoms with Crippen molar-refractivity contribution in [1.29, 1.82) is 0 Å². The predicted octanol–water partition coefficient (Wildman–Crippen LogP) is 3.78. The second kappa shape index (κ2) is 33.5. The lowest BCUT2D eigenvalue weighted by molar-refractivity contribution is -0.327. The van der Waals surface area contributed by atoms with Gasteiger partial charge in [-0.3, -0.25) is 14.6 Å². The summed E-state index contributed by atoms with van der Waals surface area (Å²) >= 11 is 0. The van der Waals surface area contributed by atoms with E-state index in [0.29, 0.717) is 12.4 Å². The fraction of sp³-hybridized carbons (Fsp3) is 0.815. The van der Waals surface area contributed by atoms with Crippen molar-refractivity contribution in [3.63, 3.8) is 0 Å². The van der Waals surface area contributed by atoms with Crippen molar-refractivity contribution in [2.45, 2.75) is 224 Å². The van der Waals surface area contributed by atoms with Crippen LogP contribution in [-0.2, 0) is 28.6 Å². The van der Waals surface area contributed by atoms with Gasteiger partial charge in [0.2, 0.25) is 0 Å². The number of guanidine groups is 1. The van der Waals surface area contributed by atoms with Gasteiger partial charge >= 0.3 is 17.9 Å². The SMILES string of the molecule is CN=C(N)NCCC/C=C/CCC[C@@H](C)C[C@H](C)[C@@H]1OC(=O)/C=C\[C@@H](C)[C@@H](O)C[C@@H](O)[C@H](C)[C@H](O)CC[C@H](C)CC[C@@]2(O)O[C@H](C[C@H](OC(=O)CC(=O)O)C[C@H](O)C[C@@H](O)[C@@H](C)[C@H](O)/C=C\[C@H]1C)C[C@@H](O)[C@@H]2O. The number of nitrogens with zero attached hydrogens (tertiary/aromatic N) is 1. The summed E-state index contributed by atoms with van der Waals surface area (Å²) < 4.78 is 17.5. The van der Waals surface area contributed by atoms with Crippen molar-refractivity contribution in [3.05, 3.63) is 36.5 Å². The molecule has 73 heavy (non-hydrogen) atoms. The van der Waals surface area contributed by atoms with Gasteiger partial charge in [0.15, 0.2) is 11.7 Å². The summed E-state index contributed by atoms with van der Waals surface area (Å²) in [6.45, 7) is 13.6. The van der Waals surface area contributed by atoms with E-state index in [0.717, 1.165) is 45.1 Å². The van der Waals surface area contributed by atoms with Crippen molar-refractivity contribution in [1.82, 2.24) is 5.32 Å². The highest BCUT2D eigenvalue weighted by Gasteiger charge is 2.48. The zero-order valence-electron chi connectivity index (χ0n) is 44.8. The standard InChI is InChI=1S/C54H95N3O16/c1-32-16-19-42(59)38(7)46(63)30-44(61)34(3)18-21-49(67)72-51(36(5)25-33(2)15-13-11-9-10-12-14-24-57-53(55)56-8)35(4)17-20-43(60)37(6)45(62)27-39(58)26-40(71-50(68)31-48(65)66)28-41-29-47(64)52(69)54(70,73-41)23-22-32/h9-10,17-18,20-21,32-47,51-52,58-64,69-70H,11-16,19,22-31H2,1-8H3,(H,65,66)(H3,55,56,57)/b10-9+,20-17-,21-18-/t32-,33+,34+,35+,36-,37-,38+,39-,40+,41+,42+,43+,44-,45+,46+,47+,51+,52-,54+/m0/s1. The Kier molecular flexibility index (Phi) is 30.1. The number of hydrogen-bond acceptors (Lipinski definition) is 16. The van der Waals surface area contributed by atoms with Gasteiger partial charge in [0.25, 0.3) is 0 Å². The van der Waals surface area contributed by atoms with E-state index < -0.39 is 121 Å². The molecule has 0 aromatic carbocycles. The second-order valence-corrected chi connectivity index (χ2v) is 21.6. The smallest absolute Gasteiger partial charge is 0.330 e. The number of nitrogens with one attached hydrogen (secondary N) is 1. The predicted molar refractivity (Wildman–Crippen MR) is 276 cm³/mol. The number of allylic oxidation sites excluding steroid dienone is 2. The van der Waals surface area contributed by atoms with Crippen LogP contribution in [0.2, 0.25) is 0 Å². The third-order valence-electron chi connectivity index (χ3n) is 14.9. The maximum Gasteiger partial charge on any atom is 0.330 e. The highest BCUT2D eigenvalue weighted by Crippen LogP contribution is 2.36. The molecule has 2 rings (SSSR count). The van der Waals surface area contributed by atoms with E-state index in [2.05, 4.69) is 29.4 Å². The van der Waals surface area contributed by atoms with Gasteiger partial charge in [0.1, 0.15) is 24.7 Å². The molecule has 0 saturated carbocycles. The molecule has 19 nitrogen and oxygen atoms in total. The number of fused-ring (bicyclic) bond motifs is 2. The van der Waals surface area contributed by atoms with E-state index in [1.807, 2.05) is 20.8 Å². The molecule has 1 saturated heterocycles. The maximum absolute atomic E-state index is 13.5. The molecule has 19 atom stereocenters. The van der Waals surface area contributed by atoms with E-state index >= 15 is 0 Å². The number of carboxylic acids is 1. The number of carboxylic acid groups (broad SMARTS) is 1. The van der Waals surface area contributed by atoms with Crippen molar-refractivity contribution in [2.24, 2.45) is 52.2 Å². The van der Waals surface area contributed by atoms with Gasteiger partial charge in [-0.15, -0.1) is 0 Å². The molecule has 13 N–H and O–H groups in total. The van der Waals surface area contributed by atoms with Crippen LogP contribution in [0.5, 0.6) is 0 Å². The Hall–Kier alpha value is -3.50. The summed E-state index contributed by atoms with van der Waals surface area (Å²) in [6.07, 6.45) is 1.48. The topological polar surface area (TPSA) is 332 Å². The summed E-state index contributed by atoms with van der Waals surface area (Å²) in [7, 11) is 1.63. The Bertz CT molecular complexity index is 1730. The molecule has 1 fully saturated rings. The Morgan fingerprint density at radius 3 is 2.14 bits per heavy atom. The zero-order valence-corrected chi connectivity index (χ0v) is 44.8. The number of aliphatic hydroxyl groups is 9. The number of cyclic esters (lactones) is 1. The van der Waals surface area contributed by atoms with Gasteiger partial charge in [-0.1, -0.05) is 85.3 Å². The first kappa shape index (κ1) is 65.6. The lowest BCUT2D eigenvalue weighted by Crippen LogP contribution is -2.58. The zero-order chi connectivity index (χ0) is 55.0. The van der Waals surface area contributed by atoms with E-state index in [9.17, 15) is 65.4 Å². The van der Waals surface area contributed by atoms with Gasteiger partial charge < -0.3 is 76.3 Å². The summed E-state index contributed by atoms with van der Waals surface area (Å²) in [6, 6.07) is 0. The molecule has 0 aromatic rings. The average Bonchev–Trinajstić information content (AvgIpc) is 3.32. The van der Waals surface area contributed by atoms with Crippen LogP contribution in [-0.4, -0.2) is 161 Å². The Balaban J connectivity index is 2.38. The summed E-state index contributed by atoms with van der Waals surface area (Å²) in [4.78, 5) is 41.3. The Morgan fingerprint density at radius 2 is 1.48 bits per heavy atom. The summed E-state index contributed by atoms with van der Waals surface area (Å²) in [5.41, 5.74) is 5.68. The molecule has 422 valence electrons.